The quantitative estimate of drug-likeness (QED) is 0.386. The summed E-state index contributed by atoms with van der Waals surface area (Å²) in [5.74, 6) is -0.197. The van der Waals surface area contributed by atoms with Gasteiger partial charge in [-0.15, -0.1) is 0 Å². The Kier molecular flexibility index (Phi) is 13.1. The van der Waals surface area contributed by atoms with E-state index in [1.54, 1.807) is 7.11 Å². The fraction of sp³-hybridized carbons (Fsp3) is 0.875. The molecular formula is C16H30O5. The summed E-state index contributed by atoms with van der Waals surface area (Å²) in [6.07, 6.45) is 4.99. The Morgan fingerprint density at radius 1 is 0.905 bits per heavy atom. The van der Waals surface area contributed by atoms with Gasteiger partial charge in [-0.3, -0.25) is 9.59 Å². The molecule has 0 aliphatic rings. The molecule has 0 spiro atoms. The molecule has 0 aliphatic carbocycles. The van der Waals surface area contributed by atoms with Crippen LogP contribution in [0.15, 0.2) is 0 Å². The van der Waals surface area contributed by atoms with Gasteiger partial charge in [-0.1, -0.05) is 26.7 Å². The number of hydrogen-bond acceptors (Lipinski definition) is 5. The molecule has 0 aromatic rings. The van der Waals surface area contributed by atoms with Crippen LogP contribution in [0.4, 0.5) is 0 Å². The first-order valence-electron chi connectivity index (χ1n) is 7.90. The van der Waals surface area contributed by atoms with Crippen molar-refractivity contribution in [2.75, 3.05) is 26.9 Å². The van der Waals surface area contributed by atoms with Gasteiger partial charge in [0.25, 0.3) is 0 Å². The fourth-order valence-electron chi connectivity index (χ4n) is 1.72. The van der Waals surface area contributed by atoms with E-state index in [9.17, 15) is 9.59 Å². The Morgan fingerprint density at radius 2 is 1.48 bits per heavy atom. The molecule has 0 saturated heterocycles. The zero-order valence-electron chi connectivity index (χ0n) is 13.7. The first kappa shape index (κ1) is 19.9. The van der Waals surface area contributed by atoms with Crippen LogP contribution in [0.1, 0.15) is 58.8 Å². The first-order chi connectivity index (χ1) is 10.1. The number of methoxy groups -OCH3 is 1. The molecule has 0 saturated carbocycles. The zero-order valence-corrected chi connectivity index (χ0v) is 13.7. The second-order valence-corrected chi connectivity index (χ2v) is 5.32. The van der Waals surface area contributed by atoms with E-state index in [4.69, 9.17) is 14.2 Å². The maximum Gasteiger partial charge on any atom is 0.306 e. The van der Waals surface area contributed by atoms with E-state index in [-0.39, 0.29) is 24.8 Å². The van der Waals surface area contributed by atoms with E-state index >= 15 is 0 Å². The van der Waals surface area contributed by atoms with Gasteiger partial charge in [0.2, 0.25) is 0 Å². The van der Waals surface area contributed by atoms with Gasteiger partial charge in [0.1, 0.15) is 0 Å². The predicted molar refractivity (Wildman–Crippen MR) is 81.0 cm³/mol. The van der Waals surface area contributed by atoms with Gasteiger partial charge in [-0.05, 0) is 25.2 Å². The Balaban J connectivity index is 3.50. The van der Waals surface area contributed by atoms with Crippen molar-refractivity contribution in [3.05, 3.63) is 0 Å². The van der Waals surface area contributed by atoms with Crippen LogP contribution < -0.4 is 0 Å². The maximum atomic E-state index is 11.5. The van der Waals surface area contributed by atoms with Gasteiger partial charge in [-0.25, -0.2) is 0 Å². The molecule has 0 bridgehead atoms. The van der Waals surface area contributed by atoms with Gasteiger partial charge in [-0.2, -0.15) is 0 Å². The Bertz CT molecular complexity index is 278. The van der Waals surface area contributed by atoms with Crippen LogP contribution >= 0.6 is 0 Å². The van der Waals surface area contributed by atoms with E-state index in [1.807, 2.05) is 0 Å². The van der Waals surface area contributed by atoms with Crippen molar-refractivity contribution in [2.45, 2.75) is 58.8 Å². The summed E-state index contributed by atoms with van der Waals surface area (Å²) in [7, 11) is 1.67. The topological polar surface area (TPSA) is 61.8 Å². The van der Waals surface area contributed by atoms with E-state index < -0.39 is 0 Å². The molecule has 1 unspecified atom stereocenters. The van der Waals surface area contributed by atoms with Gasteiger partial charge < -0.3 is 14.2 Å². The number of rotatable bonds is 13. The maximum absolute atomic E-state index is 11.5. The standard InChI is InChI=1S/C16H30O5/c1-4-5-6-11-20-15(17)7-8-16(18)21-13-10-14(2)9-12-19-3/h14H,4-13H2,1-3H3. The highest BCUT2D eigenvalue weighted by atomic mass is 16.5. The SMILES string of the molecule is CCCCCOC(=O)CCC(=O)OCCC(C)CCOC. The lowest BCUT2D eigenvalue weighted by atomic mass is 10.1. The average molecular weight is 302 g/mol. The third-order valence-corrected chi connectivity index (χ3v) is 3.23. The molecular weight excluding hydrogens is 272 g/mol. The third-order valence-electron chi connectivity index (χ3n) is 3.23. The van der Waals surface area contributed by atoms with Crippen LogP contribution in [0.5, 0.6) is 0 Å². The molecule has 0 rings (SSSR count). The number of carbonyl (C=O) groups excluding carboxylic acids is 2. The molecule has 5 heteroatoms. The van der Waals surface area contributed by atoms with Gasteiger partial charge >= 0.3 is 11.9 Å². The fourth-order valence-corrected chi connectivity index (χ4v) is 1.72. The molecule has 0 radical (unpaired) electrons. The van der Waals surface area contributed by atoms with Crippen molar-refractivity contribution in [3.8, 4) is 0 Å². The molecule has 21 heavy (non-hydrogen) atoms. The van der Waals surface area contributed by atoms with Crippen molar-refractivity contribution >= 4 is 11.9 Å². The zero-order chi connectivity index (χ0) is 15.9. The normalized spacial score (nSPS) is 12.0. The minimum Gasteiger partial charge on any atom is -0.466 e. The highest BCUT2D eigenvalue weighted by molar-refractivity contribution is 5.77. The second-order valence-electron chi connectivity index (χ2n) is 5.32. The minimum absolute atomic E-state index is 0.0963. The average Bonchev–Trinajstić information content (AvgIpc) is 2.47. The third kappa shape index (κ3) is 13.6. The van der Waals surface area contributed by atoms with Crippen LogP contribution in [0, 0.1) is 5.92 Å². The van der Waals surface area contributed by atoms with E-state index in [0.29, 0.717) is 19.1 Å². The summed E-state index contributed by atoms with van der Waals surface area (Å²) in [5.41, 5.74) is 0. The van der Waals surface area contributed by atoms with Crippen molar-refractivity contribution in [2.24, 2.45) is 5.92 Å². The first-order valence-corrected chi connectivity index (χ1v) is 7.90. The Hall–Kier alpha value is -1.10. The smallest absolute Gasteiger partial charge is 0.306 e. The molecule has 5 nitrogen and oxygen atoms in total. The van der Waals surface area contributed by atoms with Crippen molar-refractivity contribution in [1.82, 2.24) is 0 Å². The highest BCUT2D eigenvalue weighted by Crippen LogP contribution is 2.08. The summed E-state index contributed by atoms with van der Waals surface area (Å²) in [5, 5.41) is 0. The van der Waals surface area contributed by atoms with Gasteiger partial charge in [0, 0.05) is 13.7 Å². The molecule has 0 heterocycles. The summed E-state index contributed by atoms with van der Waals surface area (Å²) in [6.45, 7) is 5.75. The van der Waals surface area contributed by atoms with Crippen molar-refractivity contribution in [3.63, 3.8) is 0 Å². The van der Waals surface area contributed by atoms with Gasteiger partial charge in [0.05, 0.1) is 26.1 Å². The summed E-state index contributed by atoms with van der Waals surface area (Å²) in [6, 6.07) is 0. The molecule has 0 aliphatic heterocycles. The van der Waals surface area contributed by atoms with Crippen LogP contribution in [0.2, 0.25) is 0 Å². The van der Waals surface area contributed by atoms with E-state index in [1.165, 1.54) is 0 Å². The number of ether oxygens (including phenoxy) is 3. The van der Waals surface area contributed by atoms with Crippen LogP contribution in [0.25, 0.3) is 0 Å². The second kappa shape index (κ2) is 13.9. The lowest BCUT2D eigenvalue weighted by molar-refractivity contribution is -0.150. The molecule has 0 aromatic heterocycles. The molecule has 0 aromatic carbocycles. The highest BCUT2D eigenvalue weighted by Gasteiger charge is 2.10. The summed E-state index contributed by atoms with van der Waals surface area (Å²) in [4.78, 5) is 22.8. The van der Waals surface area contributed by atoms with E-state index in [0.717, 1.165) is 38.7 Å². The van der Waals surface area contributed by atoms with Crippen LogP contribution in [0.3, 0.4) is 0 Å². The molecule has 0 N–H and O–H groups in total. The summed E-state index contributed by atoms with van der Waals surface area (Å²) < 4.78 is 15.1. The van der Waals surface area contributed by atoms with Crippen LogP contribution in [-0.4, -0.2) is 38.9 Å². The Morgan fingerprint density at radius 3 is 2.05 bits per heavy atom. The van der Waals surface area contributed by atoms with Gasteiger partial charge in [0.15, 0.2) is 0 Å². The summed E-state index contributed by atoms with van der Waals surface area (Å²) >= 11 is 0. The number of hydrogen-bond donors (Lipinski definition) is 0. The van der Waals surface area contributed by atoms with Crippen LogP contribution in [-0.2, 0) is 23.8 Å². The number of unbranched alkanes of at least 4 members (excludes halogenated alkanes) is 2. The number of carbonyl (C=O) groups is 2. The van der Waals surface area contributed by atoms with Crippen molar-refractivity contribution in [1.29, 1.82) is 0 Å². The lowest BCUT2D eigenvalue weighted by Gasteiger charge is -2.11. The van der Waals surface area contributed by atoms with Crippen molar-refractivity contribution < 1.29 is 23.8 Å². The largest absolute Gasteiger partial charge is 0.466 e. The Labute approximate surface area is 128 Å². The monoisotopic (exact) mass is 302 g/mol. The van der Waals surface area contributed by atoms with E-state index in [2.05, 4.69) is 13.8 Å². The minimum atomic E-state index is -0.334. The predicted octanol–water partition coefficient (Wildman–Crippen LogP) is 3.11. The molecule has 124 valence electrons. The molecule has 0 fully saturated rings. The molecule has 0 amide bonds. The number of esters is 2. The lowest BCUT2D eigenvalue weighted by Crippen LogP contribution is -2.13. The molecule has 1 atom stereocenters.